The van der Waals surface area contributed by atoms with Gasteiger partial charge in [0.1, 0.15) is 5.54 Å². The Labute approximate surface area is 119 Å². The SMILES string of the molecule is CCC(CC)(NC(=O)C1(c2ccccc2)CC1)C(=O)O. The van der Waals surface area contributed by atoms with Crippen LogP contribution in [0.1, 0.15) is 45.1 Å². The lowest BCUT2D eigenvalue weighted by Crippen LogP contribution is -2.56. The zero-order valence-electron chi connectivity index (χ0n) is 12.0. The second-order valence-electron chi connectivity index (χ2n) is 5.50. The normalized spacial score (nSPS) is 16.5. The first kappa shape index (κ1) is 14.6. The maximum atomic E-state index is 12.6. The summed E-state index contributed by atoms with van der Waals surface area (Å²) >= 11 is 0. The highest BCUT2D eigenvalue weighted by Gasteiger charge is 2.53. The summed E-state index contributed by atoms with van der Waals surface area (Å²) in [6, 6.07) is 9.61. The average Bonchev–Trinajstić information content (AvgIpc) is 3.27. The van der Waals surface area contributed by atoms with Crippen LogP contribution in [0.2, 0.25) is 0 Å². The number of hydrogen-bond donors (Lipinski definition) is 2. The van der Waals surface area contributed by atoms with Crippen molar-refractivity contribution in [1.29, 1.82) is 0 Å². The summed E-state index contributed by atoms with van der Waals surface area (Å²) < 4.78 is 0. The lowest BCUT2D eigenvalue weighted by atomic mass is 9.89. The third-order valence-corrected chi connectivity index (χ3v) is 4.48. The highest BCUT2D eigenvalue weighted by Crippen LogP contribution is 2.48. The van der Waals surface area contributed by atoms with Crippen molar-refractivity contribution in [2.75, 3.05) is 0 Å². The first-order valence-electron chi connectivity index (χ1n) is 7.12. The first-order valence-corrected chi connectivity index (χ1v) is 7.12. The van der Waals surface area contributed by atoms with Crippen LogP contribution in [0.15, 0.2) is 30.3 Å². The van der Waals surface area contributed by atoms with Crippen molar-refractivity contribution in [2.45, 2.75) is 50.5 Å². The number of carboxylic acids is 1. The Bertz CT molecular complexity index is 502. The topological polar surface area (TPSA) is 66.4 Å². The van der Waals surface area contributed by atoms with Gasteiger partial charge in [0.05, 0.1) is 5.41 Å². The van der Waals surface area contributed by atoms with Gasteiger partial charge in [-0.25, -0.2) is 4.79 Å². The van der Waals surface area contributed by atoms with E-state index in [1.54, 1.807) is 13.8 Å². The molecule has 2 N–H and O–H groups in total. The molecule has 0 heterocycles. The number of carbonyl (C=O) groups is 2. The van der Waals surface area contributed by atoms with Crippen LogP contribution in [0.5, 0.6) is 0 Å². The Hall–Kier alpha value is -1.84. The zero-order chi connectivity index (χ0) is 14.8. The standard InChI is InChI=1S/C16H21NO3/c1-3-16(4-2,14(19)20)17-13(18)15(10-11-15)12-8-6-5-7-9-12/h5-9H,3-4,10-11H2,1-2H3,(H,17,18)(H,19,20). The molecular formula is C16H21NO3. The van der Waals surface area contributed by atoms with Gasteiger partial charge in [0.2, 0.25) is 5.91 Å². The molecule has 0 spiro atoms. The molecule has 0 saturated heterocycles. The molecule has 0 aliphatic heterocycles. The van der Waals surface area contributed by atoms with Gasteiger partial charge in [-0.2, -0.15) is 0 Å². The van der Waals surface area contributed by atoms with Gasteiger partial charge in [0.25, 0.3) is 0 Å². The van der Waals surface area contributed by atoms with Crippen molar-refractivity contribution in [3.8, 4) is 0 Å². The van der Waals surface area contributed by atoms with Gasteiger partial charge in [-0.3, -0.25) is 4.79 Å². The number of carbonyl (C=O) groups excluding carboxylic acids is 1. The summed E-state index contributed by atoms with van der Waals surface area (Å²) in [5.74, 6) is -1.12. The molecule has 1 aromatic carbocycles. The maximum absolute atomic E-state index is 12.6. The predicted molar refractivity (Wildman–Crippen MR) is 76.4 cm³/mol. The summed E-state index contributed by atoms with van der Waals surface area (Å²) in [6.07, 6.45) is 2.34. The van der Waals surface area contributed by atoms with Crippen molar-refractivity contribution in [2.24, 2.45) is 0 Å². The number of nitrogens with one attached hydrogen (secondary N) is 1. The van der Waals surface area contributed by atoms with Crippen LogP contribution in [0.4, 0.5) is 0 Å². The first-order chi connectivity index (χ1) is 9.50. The molecule has 0 bridgehead atoms. The van der Waals surface area contributed by atoms with Crippen LogP contribution in [-0.2, 0) is 15.0 Å². The lowest BCUT2D eigenvalue weighted by Gasteiger charge is -2.30. The van der Waals surface area contributed by atoms with E-state index in [0.29, 0.717) is 12.8 Å². The van der Waals surface area contributed by atoms with Crippen molar-refractivity contribution < 1.29 is 14.7 Å². The molecule has 0 aromatic heterocycles. The fourth-order valence-electron chi connectivity index (χ4n) is 2.65. The summed E-state index contributed by atoms with van der Waals surface area (Å²) in [4.78, 5) is 24.1. The molecule has 108 valence electrons. The molecule has 1 amide bonds. The number of carboxylic acid groups (broad SMARTS) is 1. The average molecular weight is 275 g/mol. The van der Waals surface area contributed by atoms with E-state index >= 15 is 0 Å². The van der Waals surface area contributed by atoms with Gasteiger partial charge < -0.3 is 10.4 Å². The summed E-state index contributed by atoms with van der Waals surface area (Å²) in [6.45, 7) is 3.58. The number of rotatable bonds is 6. The molecule has 1 saturated carbocycles. The maximum Gasteiger partial charge on any atom is 0.329 e. The number of amides is 1. The van der Waals surface area contributed by atoms with Gasteiger partial charge in [0, 0.05) is 0 Å². The molecule has 0 unspecified atom stereocenters. The van der Waals surface area contributed by atoms with E-state index in [4.69, 9.17) is 0 Å². The summed E-state index contributed by atoms with van der Waals surface area (Å²) in [5.41, 5.74) is -0.697. The molecule has 2 rings (SSSR count). The Balaban J connectivity index is 2.22. The molecular weight excluding hydrogens is 254 g/mol. The van der Waals surface area contributed by atoms with Gasteiger partial charge in [-0.05, 0) is 31.2 Å². The molecule has 4 heteroatoms. The van der Waals surface area contributed by atoms with Crippen LogP contribution in [0.25, 0.3) is 0 Å². The van der Waals surface area contributed by atoms with E-state index in [1.807, 2.05) is 30.3 Å². The molecule has 1 aliphatic rings. The quantitative estimate of drug-likeness (QED) is 0.838. The van der Waals surface area contributed by atoms with E-state index in [9.17, 15) is 14.7 Å². The van der Waals surface area contributed by atoms with E-state index in [0.717, 1.165) is 18.4 Å². The van der Waals surface area contributed by atoms with Crippen LogP contribution in [0.3, 0.4) is 0 Å². The third kappa shape index (κ3) is 2.30. The number of aliphatic carboxylic acids is 1. The molecule has 1 aliphatic carbocycles. The molecule has 1 fully saturated rings. The zero-order valence-corrected chi connectivity index (χ0v) is 12.0. The number of benzene rings is 1. The molecule has 4 nitrogen and oxygen atoms in total. The number of hydrogen-bond acceptors (Lipinski definition) is 2. The monoisotopic (exact) mass is 275 g/mol. The van der Waals surface area contributed by atoms with Crippen LogP contribution >= 0.6 is 0 Å². The fourth-order valence-corrected chi connectivity index (χ4v) is 2.65. The highest BCUT2D eigenvalue weighted by molar-refractivity contribution is 5.95. The minimum absolute atomic E-state index is 0.158. The van der Waals surface area contributed by atoms with E-state index in [-0.39, 0.29) is 5.91 Å². The third-order valence-electron chi connectivity index (χ3n) is 4.48. The minimum Gasteiger partial charge on any atom is -0.480 e. The predicted octanol–water partition coefficient (Wildman–Crippen LogP) is 2.48. The van der Waals surface area contributed by atoms with Crippen LogP contribution in [0, 0.1) is 0 Å². The van der Waals surface area contributed by atoms with E-state index < -0.39 is 16.9 Å². The molecule has 0 atom stereocenters. The van der Waals surface area contributed by atoms with Crippen LogP contribution < -0.4 is 5.32 Å². The Kier molecular flexibility index (Phi) is 3.84. The minimum atomic E-state index is -1.15. The van der Waals surface area contributed by atoms with Gasteiger partial charge in [-0.1, -0.05) is 44.2 Å². The van der Waals surface area contributed by atoms with Crippen molar-refractivity contribution in [3.05, 3.63) is 35.9 Å². The summed E-state index contributed by atoms with van der Waals surface area (Å²) in [5, 5.41) is 12.2. The smallest absolute Gasteiger partial charge is 0.329 e. The van der Waals surface area contributed by atoms with E-state index in [1.165, 1.54) is 0 Å². The van der Waals surface area contributed by atoms with Crippen LogP contribution in [-0.4, -0.2) is 22.5 Å². The second kappa shape index (κ2) is 5.27. The Morgan fingerprint density at radius 3 is 2.15 bits per heavy atom. The van der Waals surface area contributed by atoms with Crippen molar-refractivity contribution >= 4 is 11.9 Å². The van der Waals surface area contributed by atoms with Gasteiger partial charge in [-0.15, -0.1) is 0 Å². The van der Waals surface area contributed by atoms with Crippen molar-refractivity contribution in [1.82, 2.24) is 5.32 Å². The lowest BCUT2D eigenvalue weighted by molar-refractivity contribution is -0.148. The second-order valence-corrected chi connectivity index (χ2v) is 5.50. The molecule has 0 radical (unpaired) electrons. The molecule has 1 aromatic rings. The largest absolute Gasteiger partial charge is 0.480 e. The van der Waals surface area contributed by atoms with Gasteiger partial charge >= 0.3 is 5.97 Å². The van der Waals surface area contributed by atoms with Gasteiger partial charge in [0.15, 0.2) is 0 Å². The Morgan fingerprint density at radius 1 is 1.20 bits per heavy atom. The Morgan fingerprint density at radius 2 is 1.75 bits per heavy atom. The highest BCUT2D eigenvalue weighted by atomic mass is 16.4. The molecule has 20 heavy (non-hydrogen) atoms. The van der Waals surface area contributed by atoms with Crippen molar-refractivity contribution in [3.63, 3.8) is 0 Å². The van der Waals surface area contributed by atoms with E-state index in [2.05, 4.69) is 5.32 Å². The summed E-state index contributed by atoms with van der Waals surface area (Å²) in [7, 11) is 0. The fraction of sp³-hybridized carbons (Fsp3) is 0.500.